The molecular weight excluding hydrogens is 170 g/mol. The van der Waals surface area contributed by atoms with Crippen molar-refractivity contribution in [1.29, 1.82) is 0 Å². The van der Waals surface area contributed by atoms with Crippen LogP contribution in [-0.4, -0.2) is 13.4 Å². The summed E-state index contributed by atoms with van der Waals surface area (Å²) in [6.07, 6.45) is 2.05. The number of nitrogens with two attached hydrogens (primary N) is 1. The zero-order valence-electron chi connectivity index (χ0n) is 7.33. The molecule has 0 aromatic heterocycles. The van der Waals surface area contributed by atoms with Crippen LogP contribution in [0.4, 0.5) is 5.69 Å². The Morgan fingerprint density at radius 3 is 2.83 bits per heavy atom. The molecule has 0 aliphatic heterocycles. The number of ether oxygens (including phenoxy) is 1. The van der Waals surface area contributed by atoms with Gasteiger partial charge in [-0.3, -0.25) is 0 Å². The number of methoxy groups -OCH3 is 1. The van der Waals surface area contributed by atoms with Gasteiger partial charge in [0.1, 0.15) is 0 Å². The summed E-state index contributed by atoms with van der Waals surface area (Å²) in [5.41, 5.74) is 7.60. The maximum Gasteiger partial charge on any atom is 0.0724 e. The molecular formula is C9H13NOS. The van der Waals surface area contributed by atoms with Crippen LogP contribution in [-0.2, 0) is 11.3 Å². The first-order valence-electron chi connectivity index (χ1n) is 3.69. The highest BCUT2D eigenvalue weighted by Gasteiger charge is 2.00. The fourth-order valence-corrected chi connectivity index (χ4v) is 1.65. The van der Waals surface area contributed by atoms with Crippen molar-refractivity contribution in [2.24, 2.45) is 0 Å². The molecule has 0 aliphatic carbocycles. The number of hydrogen-bond donors (Lipinski definition) is 1. The Hall–Kier alpha value is -0.670. The maximum atomic E-state index is 5.65. The second kappa shape index (κ2) is 4.38. The van der Waals surface area contributed by atoms with E-state index >= 15 is 0 Å². The van der Waals surface area contributed by atoms with Crippen LogP contribution in [0.15, 0.2) is 23.1 Å². The molecule has 0 heterocycles. The van der Waals surface area contributed by atoms with Gasteiger partial charge >= 0.3 is 0 Å². The Kier molecular flexibility index (Phi) is 3.44. The van der Waals surface area contributed by atoms with Crippen molar-refractivity contribution in [2.45, 2.75) is 11.5 Å². The number of hydrogen-bond acceptors (Lipinski definition) is 3. The van der Waals surface area contributed by atoms with Crippen LogP contribution in [0.25, 0.3) is 0 Å². The SMILES string of the molecule is COCc1cc(N)ccc1SC. The fourth-order valence-electron chi connectivity index (χ4n) is 1.07. The van der Waals surface area contributed by atoms with Crippen molar-refractivity contribution in [3.8, 4) is 0 Å². The van der Waals surface area contributed by atoms with Crippen LogP contribution in [0.1, 0.15) is 5.56 Å². The van der Waals surface area contributed by atoms with Gasteiger partial charge in [0.25, 0.3) is 0 Å². The van der Waals surface area contributed by atoms with E-state index in [2.05, 4.69) is 0 Å². The molecule has 2 nitrogen and oxygen atoms in total. The lowest BCUT2D eigenvalue weighted by molar-refractivity contribution is 0.183. The molecule has 3 heteroatoms. The number of benzene rings is 1. The number of thioether (sulfide) groups is 1. The van der Waals surface area contributed by atoms with E-state index < -0.39 is 0 Å². The molecule has 12 heavy (non-hydrogen) atoms. The van der Waals surface area contributed by atoms with E-state index in [0.717, 1.165) is 11.3 Å². The third-order valence-electron chi connectivity index (χ3n) is 1.60. The Morgan fingerprint density at radius 1 is 1.50 bits per heavy atom. The highest BCUT2D eigenvalue weighted by Crippen LogP contribution is 2.22. The molecule has 0 radical (unpaired) electrons. The van der Waals surface area contributed by atoms with Gasteiger partial charge in [0.2, 0.25) is 0 Å². The second-order valence-electron chi connectivity index (χ2n) is 2.50. The van der Waals surface area contributed by atoms with Crippen LogP contribution in [0.2, 0.25) is 0 Å². The minimum atomic E-state index is 0.626. The first-order chi connectivity index (χ1) is 5.77. The molecule has 0 bridgehead atoms. The largest absolute Gasteiger partial charge is 0.399 e. The maximum absolute atomic E-state index is 5.65. The third kappa shape index (κ3) is 2.16. The summed E-state index contributed by atoms with van der Waals surface area (Å²) in [6.45, 7) is 0.626. The molecule has 0 amide bonds. The van der Waals surface area contributed by atoms with Crippen molar-refractivity contribution < 1.29 is 4.74 Å². The fraction of sp³-hybridized carbons (Fsp3) is 0.333. The first-order valence-corrected chi connectivity index (χ1v) is 4.91. The minimum Gasteiger partial charge on any atom is -0.399 e. The van der Waals surface area contributed by atoms with E-state index in [0.29, 0.717) is 6.61 Å². The summed E-state index contributed by atoms with van der Waals surface area (Å²) in [5, 5.41) is 0. The molecule has 0 saturated carbocycles. The summed E-state index contributed by atoms with van der Waals surface area (Å²) in [4.78, 5) is 1.23. The van der Waals surface area contributed by atoms with Crippen LogP contribution in [0, 0.1) is 0 Å². The monoisotopic (exact) mass is 183 g/mol. The molecule has 0 atom stereocenters. The molecule has 66 valence electrons. The van der Waals surface area contributed by atoms with Gasteiger partial charge in [-0.25, -0.2) is 0 Å². The quantitative estimate of drug-likeness (QED) is 0.576. The van der Waals surface area contributed by atoms with E-state index in [4.69, 9.17) is 10.5 Å². The first kappa shape index (κ1) is 9.42. The van der Waals surface area contributed by atoms with Gasteiger partial charge in [-0.05, 0) is 30.0 Å². The highest BCUT2D eigenvalue weighted by molar-refractivity contribution is 7.98. The molecule has 0 spiro atoms. The standard InChI is InChI=1S/C9H13NOS/c1-11-6-7-5-8(10)3-4-9(7)12-2/h3-5H,6,10H2,1-2H3. The van der Waals surface area contributed by atoms with Gasteiger partial charge in [0.05, 0.1) is 6.61 Å². The lowest BCUT2D eigenvalue weighted by Crippen LogP contribution is -1.93. The average Bonchev–Trinajstić information content (AvgIpc) is 2.05. The minimum absolute atomic E-state index is 0.626. The number of nitrogen functional groups attached to an aromatic ring is 1. The summed E-state index contributed by atoms with van der Waals surface area (Å²) in [5.74, 6) is 0. The molecule has 0 unspecified atom stereocenters. The average molecular weight is 183 g/mol. The predicted octanol–water partition coefficient (Wildman–Crippen LogP) is 2.14. The molecule has 1 rings (SSSR count). The Labute approximate surface area is 77.1 Å². The summed E-state index contributed by atoms with van der Waals surface area (Å²) < 4.78 is 5.06. The highest BCUT2D eigenvalue weighted by atomic mass is 32.2. The van der Waals surface area contributed by atoms with E-state index in [9.17, 15) is 0 Å². The summed E-state index contributed by atoms with van der Waals surface area (Å²) in [7, 11) is 1.69. The Balaban J connectivity index is 2.95. The molecule has 0 saturated heterocycles. The Morgan fingerprint density at radius 2 is 2.25 bits per heavy atom. The molecule has 2 N–H and O–H groups in total. The van der Waals surface area contributed by atoms with Gasteiger partial charge in [-0.2, -0.15) is 0 Å². The smallest absolute Gasteiger partial charge is 0.0724 e. The number of anilines is 1. The summed E-state index contributed by atoms with van der Waals surface area (Å²) in [6, 6.07) is 5.88. The van der Waals surface area contributed by atoms with Crippen molar-refractivity contribution in [3.05, 3.63) is 23.8 Å². The van der Waals surface area contributed by atoms with E-state index in [1.165, 1.54) is 4.90 Å². The second-order valence-corrected chi connectivity index (χ2v) is 3.35. The lowest BCUT2D eigenvalue weighted by Gasteiger charge is -2.06. The van der Waals surface area contributed by atoms with Crippen molar-refractivity contribution in [1.82, 2.24) is 0 Å². The normalized spacial score (nSPS) is 10.2. The topological polar surface area (TPSA) is 35.2 Å². The van der Waals surface area contributed by atoms with E-state index in [1.807, 2.05) is 24.5 Å². The molecule has 0 fully saturated rings. The van der Waals surface area contributed by atoms with Gasteiger partial charge in [-0.15, -0.1) is 11.8 Å². The van der Waals surface area contributed by atoms with Crippen LogP contribution in [0.3, 0.4) is 0 Å². The molecule has 0 aliphatic rings. The van der Waals surface area contributed by atoms with Gasteiger partial charge in [0.15, 0.2) is 0 Å². The lowest BCUT2D eigenvalue weighted by atomic mass is 10.2. The molecule has 1 aromatic rings. The van der Waals surface area contributed by atoms with Gasteiger partial charge < -0.3 is 10.5 Å². The number of rotatable bonds is 3. The van der Waals surface area contributed by atoms with Gasteiger partial charge in [0, 0.05) is 17.7 Å². The van der Waals surface area contributed by atoms with Crippen molar-refractivity contribution in [2.75, 3.05) is 19.1 Å². The van der Waals surface area contributed by atoms with Crippen molar-refractivity contribution >= 4 is 17.4 Å². The van der Waals surface area contributed by atoms with Crippen LogP contribution < -0.4 is 5.73 Å². The van der Waals surface area contributed by atoms with Crippen LogP contribution in [0.5, 0.6) is 0 Å². The van der Waals surface area contributed by atoms with E-state index in [1.54, 1.807) is 18.9 Å². The van der Waals surface area contributed by atoms with Gasteiger partial charge in [-0.1, -0.05) is 0 Å². The van der Waals surface area contributed by atoms with E-state index in [-0.39, 0.29) is 0 Å². The third-order valence-corrected chi connectivity index (χ3v) is 2.44. The summed E-state index contributed by atoms with van der Waals surface area (Å²) >= 11 is 1.71. The van der Waals surface area contributed by atoms with Crippen molar-refractivity contribution in [3.63, 3.8) is 0 Å². The predicted molar refractivity (Wildman–Crippen MR) is 53.3 cm³/mol. The zero-order valence-corrected chi connectivity index (χ0v) is 8.15. The molecule has 1 aromatic carbocycles. The van der Waals surface area contributed by atoms with Crippen LogP contribution >= 0.6 is 11.8 Å². The Bertz CT molecular complexity index is 263. The zero-order chi connectivity index (χ0) is 8.97.